The van der Waals surface area contributed by atoms with Gasteiger partial charge >= 0.3 is 0 Å². The summed E-state index contributed by atoms with van der Waals surface area (Å²) in [6.45, 7) is 5.32. The lowest BCUT2D eigenvalue weighted by atomic mass is 10.1. The first-order chi connectivity index (χ1) is 15.1. The second-order valence-electron chi connectivity index (χ2n) is 7.50. The third-order valence-corrected chi connectivity index (χ3v) is 6.07. The van der Waals surface area contributed by atoms with E-state index < -0.39 is 0 Å². The van der Waals surface area contributed by atoms with Crippen molar-refractivity contribution in [3.63, 3.8) is 0 Å². The van der Waals surface area contributed by atoms with Crippen molar-refractivity contribution in [1.82, 2.24) is 4.90 Å². The molecule has 0 spiro atoms. The molecule has 1 fully saturated rings. The van der Waals surface area contributed by atoms with Gasteiger partial charge in [0.15, 0.2) is 5.76 Å². The molecule has 0 aliphatic carbocycles. The molecule has 0 bridgehead atoms. The van der Waals surface area contributed by atoms with Crippen LogP contribution in [-0.4, -0.2) is 35.4 Å². The Hall–Kier alpha value is -2.77. The van der Waals surface area contributed by atoms with E-state index in [1.807, 2.05) is 24.8 Å². The fourth-order valence-electron chi connectivity index (χ4n) is 3.43. The fraction of sp³-hybridized carbons (Fsp3) is 0.292. The minimum absolute atomic E-state index is 0.154. The highest BCUT2D eigenvalue weighted by Gasteiger charge is 2.15. The molecule has 7 heteroatoms. The molecule has 0 radical (unpaired) electrons. The van der Waals surface area contributed by atoms with Crippen LogP contribution in [0.2, 0.25) is 0 Å². The van der Waals surface area contributed by atoms with Gasteiger partial charge in [0.25, 0.3) is 5.91 Å². The van der Waals surface area contributed by atoms with E-state index in [1.165, 1.54) is 29.2 Å². The number of aryl methyl sites for hydroxylation is 1. The predicted octanol–water partition coefficient (Wildman–Crippen LogP) is 5.11. The van der Waals surface area contributed by atoms with Crippen LogP contribution in [0, 0.1) is 12.7 Å². The topological polar surface area (TPSA) is 54.7 Å². The molecule has 1 N–H and O–H groups in total. The smallest absolute Gasteiger partial charge is 0.291 e. The molecule has 0 saturated carbocycles. The molecule has 31 heavy (non-hydrogen) atoms. The van der Waals surface area contributed by atoms with Crippen molar-refractivity contribution in [1.29, 1.82) is 0 Å². The van der Waals surface area contributed by atoms with Gasteiger partial charge in [-0.1, -0.05) is 12.1 Å². The molecular formula is C24H25FN2O3S. The van der Waals surface area contributed by atoms with Gasteiger partial charge in [-0.05, 0) is 60.5 Å². The average molecular weight is 441 g/mol. The van der Waals surface area contributed by atoms with Crippen molar-refractivity contribution >= 4 is 23.4 Å². The molecule has 162 valence electrons. The Labute approximate surface area is 185 Å². The first-order valence-electron chi connectivity index (χ1n) is 10.2. The quantitative estimate of drug-likeness (QED) is 0.554. The van der Waals surface area contributed by atoms with Crippen LogP contribution in [0.15, 0.2) is 59.0 Å². The summed E-state index contributed by atoms with van der Waals surface area (Å²) in [4.78, 5) is 15.1. The number of ether oxygens (including phenoxy) is 1. The second-order valence-corrected chi connectivity index (χ2v) is 8.73. The Morgan fingerprint density at radius 1 is 1.13 bits per heavy atom. The molecule has 1 aliphatic heterocycles. The summed E-state index contributed by atoms with van der Waals surface area (Å²) in [5, 5.41) is 2.92. The lowest BCUT2D eigenvalue weighted by Crippen LogP contribution is -2.31. The first kappa shape index (κ1) is 21.5. The van der Waals surface area contributed by atoms with E-state index >= 15 is 0 Å². The molecule has 2 aromatic carbocycles. The summed E-state index contributed by atoms with van der Waals surface area (Å²) in [7, 11) is 0. The Morgan fingerprint density at radius 3 is 2.65 bits per heavy atom. The third-order valence-electron chi connectivity index (χ3n) is 5.13. The number of anilines is 1. The van der Waals surface area contributed by atoms with Gasteiger partial charge in [-0.15, -0.1) is 0 Å². The van der Waals surface area contributed by atoms with Crippen LogP contribution >= 0.6 is 11.8 Å². The molecule has 4 rings (SSSR count). The molecule has 3 aromatic rings. The van der Waals surface area contributed by atoms with Gasteiger partial charge in [0.1, 0.15) is 23.9 Å². The number of furan rings is 1. The maximum absolute atomic E-state index is 13.0. The lowest BCUT2D eigenvalue weighted by Gasteiger charge is -2.26. The molecule has 1 aromatic heterocycles. The van der Waals surface area contributed by atoms with E-state index in [-0.39, 0.29) is 24.1 Å². The third kappa shape index (κ3) is 5.89. The first-order valence-corrected chi connectivity index (χ1v) is 11.4. The number of rotatable bonds is 7. The van der Waals surface area contributed by atoms with E-state index in [0.29, 0.717) is 11.5 Å². The summed E-state index contributed by atoms with van der Waals surface area (Å²) in [5.41, 5.74) is 3.03. The lowest BCUT2D eigenvalue weighted by molar-refractivity contribution is 0.0992. The molecule has 1 aliphatic rings. The number of halogens is 1. The van der Waals surface area contributed by atoms with Crippen molar-refractivity contribution in [2.75, 3.05) is 29.9 Å². The SMILES string of the molecule is Cc1cc(CN2CCSCC2)ccc1NC(=O)c1ccc(COc2ccc(F)cc2)o1. The Kier molecular flexibility index (Phi) is 6.94. The normalized spacial score (nSPS) is 14.4. The van der Waals surface area contributed by atoms with Gasteiger partial charge in [-0.2, -0.15) is 11.8 Å². The highest BCUT2D eigenvalue weighted by Crippen LogP contribution is 2.21. The molecule has 2 heterocycles. The van der Waals surface area contributed by atoms with E-state index in [2.05, 4.69) is 22.3 Å². The van der Waals surface area contributed by atoms with E-state index in [4.69, 9.17) is 9.15 Å². The highest BCUT2D eigenvalue weighted by molar-refractivity contribution is 7.99. The Bertz CT molecular complexity index is 1030. The number of hydrogen-bond acceptors (Lipinski definition) is 5. The standard InChI is InChI=1S/C24H25FN2O3S/c1-17-14-18(15-27-10-12-31-13-11-27)2-8-22(17)26-24(28)23-9-7-21(30-23)16-29-20-5-3-19(25)4-6-20/h2-9,14H,10-13,15-16H2,1H3,(H,26,28). The molecular weight excluding hydrogens is 415 g/mol. The summed E-state index contributed by atoms with van der Waals surface area (Å²) in [6, 6.07) is 15.2. The zero-order valence-corrected chi connectivity index (χ0v) is 18.2. The van der Waals surface area contributed by atoms with Gasteiger partial charge < -0.3 is 14.5 Å². The number of amides is 1. The van der Waals surface area contributed by atoms with Crippen molar-refractivity contribution < 1.29 is 18.3 Å². The van der Waals surface area contributed by atoms with Crippen LogP contribution in [0.4, 0.5) is 10.1 Å². The predicted molar refractivity (Wildman–Crippen MR) is 121 cm³/mol. The zero-order chi connectivity index (χ0) is 21.6. The number of benzene rings is 2. The molecule has 0 atom stereocenters. The van der Waals surface area contributed by atoms with Crippen LogP contribution in [0.1, 0.15) is 27.4 Å². The summed E-state index contributed by atoms with van der Waals surface area (Å²) in [6.07, 6.45) is 0. The highest BCUT2D eigenvalue weighted by atomic mass is 32.2. The Morgan fingerprint density at radius 2 is 1.90 bits per heavy atom. The maximum Gasteiger partial charge on any atom is 0.291 e. The van der Waals surface area contributed by atoms with Gasteiger partial charge in [0.05, 0.1) is 0 Å². The van der Waals surface area contributed by atoms with E-state index in [1.54, 1.807) is 24.3 Å². The van der Waals surface area contributed by atoms with Crippen molar-refractivity contribution in [2.45, 2.75) is 20.1 Å². The monoisotopic (exact) mass is 440 g/mol. The number of nitrogens with one attached hydrogen (secondary N) is 1. The molecule has 0 unspecified atom stereocenters. The van der Waals surface area contributed by atoms with Crippen molar-refractivity contribution in [3.05, 3.63) is 83.1 Å². The summed E-state index contributed by atoms with van der Waals surface area (Å²) < 4.78 is 24.1. The molecule has 1 saturated heterocycles. The number of nitrogens with zero attached hydrogens (tertiary/aromatic N) is 1. The fourth-order valence-corrected chi connectivity index (χ4v) is 4.41. The van der Waals surface area contributed by atoms with Gasteiger partial charge in [0, 0.05) is 36.8 Å². The Balaban J connectivity index is 1.33. The minimum Gasteiger partial charge on any atom is -0.486 e. The van der Waals surface area contributed by atoms with Crippen LogP contribution < -0.4 is 10.1 Å². The van der Waals surface area contributed by atoms with Crippen LogP contribution in [0.5, 0.6) is 5.75 Å². The van der Waals surface area contributed by atoms with Crippen LogP contribution in [0.3, 0.4) is 0 Å². The molecule has 1 amide bonds. The maximum atomic E-state index is 13.0. The molecule has 5 nitrogen and oxygen atoms in total. The van der Waals surface area contributed by atoms with E-state index in [0.717, 1.165) is 30.9 Å². The number of carbonyl (C=O) groups excluding carboxylic acids is 1. The largest absolute Gasteiger partial charge is 0.486 e. The minimum atomic E-state index is -0.321. The van der Waals surface area contributed by atoms with E-state index in [9.17, 15) is 9.18 Å². The zero-order valence-electron chi connectivity index (χ0n) is 17.4. The average Bonchev–Trinajstić information content (AvgIpc) is 3.25. The number of thioether (sulfide) groups is 1. The van der Waals surface area contributed by atoms with Crippen LogP contribution in [0.25, 0.3) is 0 Å². The summed E-state index contributed by atoms with van der Waals surface area (Å²) in [5.74, 6) is 3.01. The van der Waals surface area contributed by atoms with Gasteiger partial charge in [0.2, 0.25) is 0 Å². The van der Waals surface area contributed by atoms with Gasteiger partial charge in [-0.25, -0.2) is 4.39 Å². The number of carbonyl (C=O) groups is 1. The summed E-state index contributed by atoms with van der Waals surface area (Å²) >= 11 is 2.00. The van der Waals surface area contributed by atoms with Crippen molar-refractivity contribution in [3.8, 4) is 5.75 Å². The second kappa shape index (κ2) is 10.0. The van der Waals surface area contributed by atoms with Crippen molar-refractivity contribution in [2.24, 2.45) is 0 Å². The van der Waals surface area contributed by atoms with Crippen LogP contribution in [-0.2, 0) is 13.2 Å². The number of hydrogen-bond donors (Lipinski definition) is 1. The van der Waals surface area contributed by atoms with Gasteiger partial charge in [-0.3, -0.25) is 9.69 Å².